The Morgan fingerprint density at radius 2 is 1.62 bits per heavy atom. The Hall–Kier alpha value is -0.750. The van der Waals surface area contributed by atoms with Crippen LogP contribution in [0.5, 0.6) is 0 Å². The Labute approximate surface area is 284 Å². The molecule has 13 nitrogen and oxygen atoms in total. The maximum absolute atomic E-state index is 12.5. The first-order chi connectivity index (χ1) is 22.2. The van der Waals surface area contributed by atoms with E-state index in [4.69, 9.17) is 14.0 Å². The number of rotatable bonds is 10. The van der Waals surface area contributed by atoms with Crippen LogP contribution in [0.3, 0.4) is 0 Å². The highest BCUT2D eigenvalue weighted by Crippen LogP contribution is 2.69. The monoisotopic (exact) mass is 706 g/mol. The number of ether oxygens (including phenoxy) is 2. The second kappa shape index (κ2) is 14.0. The highest BCUT2D eigenvalue weighted by atomic mass is 32.3. The van der Waals surface area contributed by atoms with Crippen molar-refractivity contribution in [2.45, 2.75) is 141 Å². The van der Waals surface area contributed by atoms with E-state index in [2.05, 4.69) is 25.0 Å². The van der Waals surface area contributed by atoms with Crippen LogP contribution in [0.25, 0.3) is 0 Å². The number of aliphatic hydroxyl groups is 7. The van der Waals surface area contributed by atoms with E-state index < -0.39 is 83.0 Å². The lowest BCUT2D eigenvalue weighted by molar-refractivity contribution is -0.264. The van der Waals surface area contributed by atoms with Crippen molar-refractivity contribution in [3.8, 4) is 0 Å². The molecule has 0 aromatic rings. The fraction of sp³-hybridized carbons (Fsp3) is 0.941. The second-order valence-corrected chi connectivity index (χ2v) is 17.5. The molecule has 16 atom stereocenters. The van der Waals surface area contributed by atoms with Crippen molar-refractivity contribution in [2.24, 2.45) is 46.3 Å². The van der Waals surface area contributed by atoms with Crippen LogP contribution in [-0.2, 0) is 24.1 Å². The van der Waals surface area contributed by atoms with Gasteiger partial charge in [0.15, 0.2) is 6.29 Å². The van der Waals surface area contributed by atoms with Gasteiger partial charge >= 0.3 is 10.4 Å². The summed E-state index contributed by atoms with van der Waals surface area (Å²) in [6, 6.07) is 0. The van der Waals surface area contributed by atoms with Crippen molar-refractivity contribution >= 4 is 10.4 Å². The van der Waals surface area contributed by atoms with Gasteiger partial charge < -0.3 is 45.2 Å². The second-order valence-electron chi connectivity index (χ2n) is 16.4. The molecule has 1 heterocycles. The molecule has 1 aliphatic heterocycles. The molecular formula is C34H58O13S. The van der Waals surface area contributed by atoms with Gasteiger partial charge in [0.1, 0.15) is 18.3 Å². The normalized spacial score (nSPS) is 48.9. The number of allylic oxidation sites excluding steroid dienone is 1. The molecular weight excluding hydrogens is 648 g/mol. The van der Waals surface area contributed by atoms with Gasteiger partial charge in [0.05, 0.1) is 43.2 Å². The third kappa shape index (κ3) is 6.91. The van der Waals surface area contributed by atoms with Gasteiger partial charge in [-0.25, -0.2) is 4.18 Å². The van der Waals surface area contributed by atoms with E-state index in [0.29, 0.717) is 32.1 Å². The summed E-state index contributed by atoms with van der Waals surface area (Å²) >= 11 is 0. The standard InChI is InChI=1S/C34H58O13S/c1-17(2)19(10-13-45-31-29(40)26(37)23(16-46-31)47-48(42,43)44)7-6-18(3)25-27(38)28(39)30-33(25,5)12-9-24-32(4)11-8-20(35)14-21(32)22(36)15-34(24,30)41/h10,17-18,20-31,35-41H,6-9,11-16H2,1-5H3,(H,42,43,44). The van der Waals surface area contributed by atoms with Gasteiger partial charge in [0, 0.05) is 12.3 Å². The molecule has 14 heteroatoms. The molecule has 0 radical (unpaired) electrons. The molecule has 16 unspecified atom stereocenters. The lowest BCUT2D eigenvalue weighted by Gasteiger charge is -2.65. The Kier molecular flexibility index (Phi) is 11.2. The number of fused-ring (bicyclic) bond motifs is 5. The summed E-state index contributed by atoms with van der Waals surface area (Å²) in [5, 5.41) is 78.1. The molecule has 0 spiro atoms. The number of hydrogen-bond acceptors (Lipinski definition) is 12. The van der Waals surface area contributed by atoms with Gasteiger partial charge in [-0.15, -0.1) is 0 Å². The first-order valence-electron chi connectivity index (χ1n) is 17.6. The van der Waals surface area contributed by atoms with E-state index in [1.807, 2.05) is 19.9 Å². The van der Waals surface area contributed by atoms with Crippen molar-refractivity contribution in [1.29, 1.82) is 0 Å². The van der Waals surface area contributed by atoms with Crippen LogP contribution < -0.4 is 0 Å². The Morgan fingerprint density at radius 3 is 2.27 bits per heavy atom. The molecule has 5 aliphatic rings. The van der Waals surface area contributed by atoms with E-state index in [0.717, 1.165) is 18.4 Å². The Balaban J connectivity index is 1.24. The van der Waals surface area contributed by atoms with Gasteiger partial charge in [-0.2, -0.15) is 8.42 Å². The van der Waals surface area contributed by atoms with Crippen LogP contribution in [0.2, 0.25) is 0 Å². The largest absolute Gasteiger partial charge is 0.397 e. The molecule has 4 saturated carbocycles. The van der Waals surface area contributed by atoms with Crippen molar-refractivity contribution in [1.82, 2.24) is 0 Å². The average molecular weight is 707 g/mol. The molecule has 278 valence electrons. The minimum atomic E-state index is -4.85. The van der Waals surface area contributed by atoms with Crippen LogP contribution in [0.1, 0.15) is 86.0 Å². The van der Waals surface area contributed by atoms with Gasteiger partial charge in [-0.1, -0.05) is 46.3 Å². The van der Waals surface area contributed by atoms with Crippen molar-refractivity contribution in [3.63, 3.8) is 0 Å². The summed E-state index contributed by atoms with van der Waals surface area (Å²) in [6.45, 7) is 9.99. The van der Waals surface area contributed by atoms with Crippen molar-refractivity contribution in [3.05, 3.63) is 11.6 Å². The minimum absolute atomic E-state index is 0.0204. The summed E-state index contributed by atoms with van der Waals surface area (Å²) in [5.41, 5.74) is -1.21. The summed E-state index contributed by atoms with van der Waals surface area (Å²) in [5.74, 6) is -1.03. The molecule has 8 N–H and O–H groups in total. The highest BCUT2D eigenvalue weighted by Gasteiger charge is 2.72. The Bertz CT molecular complexity index is 1280. The number of aliphatic hydroxyl groups excluding tert-OH is 6. The van der Waals surface area contributed by atoms with Crippen LogP contribution in [0.4, 0.5) is 0 Å². The third-order valence-electron chi connectivity index (χ3n) is 13.4. The average Bonchev–Trinajstić information content (AvgIpc) is 3.19. The minimum Gasteiger partial charge on any atom is -0.393 e. The van der Waals surface area contributed by atoms with Crippen molar-refractivity contribution in [2.75, 3.05) is 13.2 Å². The summed E-state index contributed by atoms with van der Waals surface area (Å²) in [4.78, 5) is 0. The molecule has 4 aliphatic carbocycles. The first-order valence-corrected chi connectivity index (χ1v) is 19.0. The summed E-state index contributed by atoms with van der Waals surface area (Å²) in [7, 11) is -4.85. The van der Waals surface area contributed by atoms with Gasteiger partial charge in [0.25, 0.3) is 0 Å². The molecule has 5 rings (SSSR count). The molecule has 5 fully saturated rings. The van der Waals surface area contributed by atoms with Gasteiger partial charge in [0.2, 0.25) is 0 Å². The molecule has 48 heavy (non-hydrogen) atoms. The molecule has 1 saturated heterocycles. The smallest absolute Gasteiger partial charge is 0.393 e. The molecule has 0 amide bonds. The quantitative estimate of drug-likeness (QED) is 0.119. The maximum atomic E-state index is 12.5. The lowest BCUT2D eigenvalue weighted by atomic mass is 9.42. The highest BCUT2D eigenvalue weighted by molar-refractivity contribution is 7.80. The number of hydrogen-bond donors (Lipinski definition) is 8. The zero-order chi connectivity index (χ0) is 35.6. The van der Waals surface area contributed by atoms with Gasteiger partial charge in [-0.3, -0.25) is 4.55 Å². The fourth-order valence-corrected chi connectivity index (χ4v) is 11.6. The van der Waals surface area contributed by atoms with E-state index in [1.54, 1.807) is 0 Å². The molecule has 0 aromatic heterocycles. The third-order valence-corrected chi connectivity index (χ3v) is 13.8. The van der Waals surface area contributed by atoms with E-state index in [9.17, 15) is 44.2 Å². The summed E-state index contributed by atoms with van der Waals surface area (Å²) in [6.07, 6.45) is -2.77. The molecule has 0 aromatic carbocycles. The zero-order valence-electron chi connectivity index (χ0n) is 28.8. The first kappa shape index (κ1) is 38.5. The topological polar surface area (TPSA) is 224 Å². The van der Waals surface area contributed by atoms with Crippen LogP contribution in [-0.4, -0.2) is 117 Å². The van der Waals surface area contributed by atoms with Crippen LogP contribution >= 0.6 is 0 Å². The van der Waals surface area contributed by atoms with E-state index in [1.165, 1.54) is 0 Å². The van der Waals surface area contributed by atoms with Crippen LogP contribution in [0, 0.1) is 46.3 Å². The lowest BCUT2D eigenvalue weighted by Crippen LogP contribution is -2.68. The van der Waals surface area contributed by atoms with Crippen LogP contribution in [0.15, 0.2) is 11.6 Å². The SMILES string of the molecule is CC(C)C(=CCOC1OCC(OS(=O)(=O)O)C(O)C1O)CCC(C)C1C(O)C(O)C2C1(C)CCC1C3(C)CCC(O)CC3C(O)CC12O. The Morgan fingerprint density at radius 1 is 0.958 bits per heavy atom. The predicted molar refractivity (Wildman–Crippen MR) is 172 cm³/mol. The zero-order valence-corrected chi connectivity index (χ0v) is 29.6. The van der Waals surface area contributed by atoms with Gasteiger partial charge in [-0.05, 0) is 85.4 Å². The van der Waals surface area contributed by atoms with E-state index in [-0.39, 0.29) is 48.0 Å². The predicted octanol–water partition coefficient (Wildman–Crippen LogP) is 1.31. The van der Waals surface area contributed by atoms with E-state index >= 15 is 0 Å². The maximum Gasteiger partial charge on any atom is 0.397 e. The summed E-state index contributed by atoms with van der Waals surface area (Å²) < 4.78 is 46.2. The van der Waals surface area contributed by atoms with Crippen molar-refractivity contribution < 1.29 is 62.4 Å². The fourth-order valence-electron chi connectivity index (χ4n) is 11.1. The molecule has 0 bridgehead atoms.